The van der Waals surface area contributed by atoms with Crippen molar-refractivity contribution < 1.29 is 4.79 Å². The van der Waals surface area contributed by atoms with Gasteiger partial charge in [0.2, 0.25) is 5.91 Å². The standard InChI is InChI=1S/C19H27N3OS/c1-6-14(2)22-17(11-12-20-22)21-18(23)13-24-16-9-7-15(8-10-16)19(3,4)5/h7-12,14H,6,13H2,1-5H3,(H,21,23). The third kappa shape index (κ3) is 4.87. The first kappa shape index (κ1) is 18.6. The molecule has 0 saturated heterocycles. The molecule has 0 aliphatic rings. The minimum atomic E-state index is -0.00930. The van der Waals surface area contributed by atoms with Gasteiger partial charge in [-0.15, -0.1) is 11.8 Å². The highest BCUT2D eigenvalue weighted by atomic mass is 32.2. The Morgan fingerprint density at radius 3 is 2.50 bits per heavy atom. The minimum Gasteiger partial charge on any atom is -0.310 e. The largest absolute Gasteiger partial charge is 0.310 e. The van der Waals surface area contributed by atoms with Gasteiger partial charge in [0.1, 0.15) is 5.82 Å². The zero-order valence-corrected chi connectivity index (χ0v) is 16.0. The van der Waals surface area contributed by atoms with Crippen LogP contribution in [0, 0.1) is 0 Å². The molecule has 130 valence electrons. The van der Waals surface area contributed by atoms with E-state index in [1.807, 2.05) is 10.7 Å². The number of rotatable bonds is 6. The van der Waals surface area contributed by atoms with Gasteiger partial charge < -0.3 is 5.32 Å². The Balaban J connectivity index is 1.91. The quantitative estimate of drug-likeness (QED) is 0.759. The van der Waals surface area contributed by atoms with E-state index in [1.165, 1.54) is 5.56 Å². The van der Waals surface area contributed by atoms with Gasteiger partial charge in [0.05, 0.1) is 18.0 Å². The van der Waals surface area contributed by atoms with Crippen LogP contribution in [-0.4, -0.2) is 21.4 Å². The van der Waals surface area contributed by atoms with Crippen LogP contribution in [0.2, 0.25) is 0 Å². The van der Waals surface area contributed by atoms with Gasteiger partial charge in [-0.25, -0.2) is 4.68 Å². The molecular formula is C19H27N3OS. The molecular weight excluding hydrogens is 318 g/mol. The van der Waals surface area contributed by atoms with Crippen LogP contribution in [0.25, 0.3) is 0 Å². The molecule has 24 heavy (non-hydrogen) atoms. The second-order valence-corrected chi connectivity index (χ2v) is 8.08. The normalized spacial score (nSPS) is 12.9. The van der Waals surface area contributed by atoms with E-state index in [2.05, 4.69) is 69.3 Å². The van der Waals surface area contributed by atoms with Gasteiger partial charge in [-0.2, -0.15) is 5.10 Å². The summed E-state index contributed by atoms with van der Waals surface area (Å²) < 4.78 is 1.86. The molecule has 1 unspecified atom stereocenters. The number of hydrogen-bond acceptors (Lipinski definition) is 3. The van der Waals surface area contributed by atoms with Crippen molar-refractivity contribution in [3.63, 3.8) is 0 Å². The number of benzene rings is 1. The molecule has 0 radical (unpaired) electrons. The van der Waals surface area contributed by atoms with E-state index in [0.29, 0.717) is 5.75 Å². The molecule has 0 bridgehead atoms. The van der Waals surface area contributed by atoms with Crippen LogP contribution < -0.4 is 5.32 Å². The van der Waals surface area contributed by atoms with Crippen LogP contribution in [0.1, 0.15) is 52.6 Å². The maximum Gasteiger partial charge on any atom is 0.235 e. The Bertz CT molecular complexity index is 671. The van der Waals surface area contributed by atoms with Crippen LogP contribution in [0.4, 0.5) is 5.82 Å². The van der Waals surface area contributed by atoms with E-state index in [9.17, 15) is 4.79 Å². The molecule has 0 saturated carbocycles. The molecule has 0 spiro atoms. The lowest BCUT2D eigenvalue weighted by molar-refractivity contribution is -0.113. The van der Waals surface area contributed by atoms with Crippen molar-refractivity contribution in [2.24, 2.45) is 0 Å². The highest BCUT2D eigenvalue weighted by Crippen LogP contribution is 2.26. The minimum absolute atomic E-state index is 0.00930. The van der Waals surface area contributed by atoms with E-state index >= 15 is 0 Å². The Kier molecular flexibility index (Phi) is 6.10. The first-order valence-corrected chi connectivity index (χ1v) is 9.36. The topological polar surface area (TPSA) is 46.9 Å². The van der Waals surface area contributed by atoms with Gasteiger partial charge in [-0.3, -0.25) is 4.79 Å². The van der Waals surface area contributed by atoms with Gasteiger partial charge in [0.15, 0.2) is 0 Å². The third-order valence-electron chi connectivity index (χ3n) is 4.04. The summed E-state index contributed by atoms with van der Waals surface area (Å²) in [4.78, 5) is 13.3. The maximum atomic E-state index is 12.2. The number of nitrogens with zero attached hydrogens (tertiary/aromatic N) is 2. The average molecular weight is 346 g/mol. The maximum absolute atomic E-state index is 12.2. The molecule has 1 amide bonds. The second kappa shape index (κ2) is 7.88. The lowest BCUT2D eigenvalue weighted by Crippen LogP contribution is -2.18. The van der Waals surface area contributed by atoms with Crippen molar-refractivity contribution in [3.8, 4) is 0 Å². The number of hydrogen-bond donors (Lipinski definition) is 1. The van der Waals surface area contributed by atoms with Crippen LogP contribution >= 0.6 is 11.8 Å². The number of anilines is 1. The Morgan fingerprint density at radius 1 is 1.25 bits per heavy atom. The summed E-state index contributed by atoms with van der Waals surface area (Å²) in [6, 6.07) is 10.6. The lowest BCUT2D eigenvalue weighted by atomic mass is 9.87. The number of carbonyl (C=O) groups is 1. The molecule has 1 aromatic heterocycles. The summed E-state index contributed by atoms with van der Waals surface area (Å²) in [5.41, 5.74) is 1.45. The lowest BCUT2D eigenvalue weighted by Gasteiger charge is -2.19. The van der Waals surface area contributed by atoms with E-state index < -0.39 is 0 Å². The van der Waals surface area contributed by atoms with Crippen molar-refractivity contribution >= 4 is 23.5 Å². The van der Waals surface area contributed by atoms with Crippen LogP contribution in [-0.2, 0) is 10.2 Å². The fourth-order valence-corrected chi connectivity index (χ4v) is 3.01. The Morgan fingerprint density at radius 2 is 1.92 bits per heavy atom. The summed E-state index contributed by atoms with van der Waals surface area (Å²) in [7, 11) is 0. The molecule has 5 heteroatoms. The number of thioether (sulfide) groups is 1. The van der Waals surface area contributed by atoms with E-state index in [1.54, 1.807) is 18.0 Å². The van der Waals surface area contributed by atoms with Crippen molar-refractivity contribution in [2.45, 2.75) is 57.4 Å². The highest BCUT2D eigenvalue weighted by molar-refractivity contribution is 8.00. The van der Waals surface area contributed by atoms with Gasteiger partial charge in [-0.05, 0) is 36.5 Å². The molecule has 1 N–H and O–H groups in total. The summed E-state index contributed by atoms with van der Waals surface area (Å²) in [5.74, 6) is 1.14. The molecule has 1 aromatic carbocycles. The molecule has 0 fully saturated rings. The molecule has 1 heterocycles. The highest BCUT2D eigenvalue weighted by Gasteiger charge is 2.14. The molecule has 4 nitrogen and oxygen atoms in total. The Labute approximate surface area is 149 Å². The van der Waals surface area contributed by atoms with E-state index in [4.69, 9.17) is 0 Å². The molecule has 0 aliphatic heterocycles. The number of nitrogens with one attached hydrogen (secondary N) is 1. The number of amides is 1. The summed E-state index contributed by atoms with van der Waals surface area (Å²) in [6.45, 7) is 10.8. The molecule has 0 aliphatic carbocycles. The van der Waals surface area contributed by atoms with Crippen LogP contribution in [0.3, 0.4) is 0 Å². The predicted octanol–water partition coefficient (Wildman–Crippen LogP) is 4.88. The fourth-order valence-electron chi connectivity index (χ4n) is 2.32. The number of carbonyl (C=O) groups excluding carboxylic acids is 1. The third-order valence-corrected chi connectivity index (χ3v) is 5.05. The van der Waals surface area contributed by atoms with E-state index in [0.717, 1.165) is 17.1 Å². The first-order valence-electron chi connectivity index (χ1n) is 8.38. The monoisotopic (exact) mass is 345 g/mol. The zero-order chi connectivity index (χ0) is 17.7. The predicted molar refractivity (Wildman–Crippen MR) is 102 cm³/mol. The first-order chi connectivity index (χ1) is 11.3. The molecule has 2 aromatic rings. The van der Waals surface area contributed by atoms with Gasteiger partial charge in [0.25, 0.3) is 0 Å². The van der Waals surface area contributed by atoms with Crippen molar-refractivity contribution in [3.05, 3.63) is 42.1 Å². The van der Waals surface area contributed by atoms with Gasteiger partial charge in [0, 0.05) is 11.0 Å². The van der Waals surface area contributed by atoms with Crippen molar-refractivity contribution in [1.29, 1.82) is 0 Å². The smallest absolute Gasteiger partial charge is 0.235 e. The summed E-state index contributed by atoms with van der Waals surface area (Å²) >= 11 is 1.55. The van der Waals surface area contributed by atoms with Crippen LogP contribution in [0.5, 0.6) is 0 Å². The van der Waals surface area contributed by atoms with Gasteiger partial charge >= 0.3 is 0 Å². The second-order valence-electron chi connectivity index (χ2n) is 7.03. The number of aromatic nitrogens is 2. The van der Waals surface area contributed by atoms with Gasteiger partial charge in [-0.1, -0.05) is 39.8 Å². The summed E-state index contributed by atoms with van der Waals surface area (Å²) in [6.07, 6.45) is 2.69. The molecule has 1 atom stereocenters. The Hall–Kier alpha value is -1.75. The summed E-state index contributed by atoms with van der Waals surface area (Å²) in [5, 5.41) is 7.24. The van der Waals surface area contributed by atoms with Crippen molar-refractivity contribution in [2.75, 3.05) is 11.1 Å². The molecule has 2 rings (SSSR count). The zero-order valence-electron chi connectivity index (χ0n) is 15.2. The fraction of sp³-hybridized carbons (Fsp3) is 0.474. The van der Waals surface area contributed by atoms with E-state index in [-0.39, 0.29) is 17.4 Å². The SMILES string of the molecule is CCC(C)n1nccc1NC(=O)CSc1ccc(C(C)(C)C)cc1. The van der Waals surface area contributed by atoms with Crippen molar-refractivity contribution in [1.82, 2.24) is 9.78 Å². The average Bonchev–Trinajstić information content (AvgIpc) is 3.00. The van der Waals surface area contributed by atoms with Crippen LogP contribution in [0.15, 0.2) is 41.4 Å².